The van der Waals surface area contributed by atoms with Crippen molar-refractivity contribution in [3.05, 3.63) is 0 Å². The first kappa shape index (κ1) is 13.8. The minimum atomic E-state index is -0.839. The van der Waals surface area contributed by atoms with Crippen molar-refractivity contribution in [1.82, 2.24) is 15.4 Å². The lowest BCUT2D eigenvalue weighted by Gasteiger charge is -2.21. The Morgan fingerprint density at radius 3 is 2.27 bits per heavy atom. The fraction of sp³-hybridized carbons (Fsp3) is 0.500. The number of nitrogens with zero attached hydrogens (tertiary/aromatic N) is 1. The topological polar surface area (TPSA) is 97.0 Å². The van der Waals surface area contributed by atoms with Gasteiger partial charge in [-0.2, -0.15) is 0 Å². The summed E-state index contributed by atoms with van der Waals surface area (Å²) < 4.78 is 0. The Balaban J connectivity index is 0.000000423. The van der Waals surface area contributed by atoms with Gasteiger partial charge in [-0.25, -0.2) is 4.79 Å². The van der Waals surface area contributed by atoms with Crippen molar-refractivity contribution in [2.75, 3.05) is 14.2 Å². The summed E-state index contributed by atoms with van der Waals surface area (Å²) in [6.45, 7) is 0. The van der Waals surface area contributed by atoms with Crippen LogP contribution in [0.3, 0.4) is 0 Å². The Kier molecular flexibility index (Phi) is 6.54. The summed E-state index contributed by atoms with van der Waals surface area (Å²) in [7, 11) is 2.61. The molecule has 1 fully saturated rings. The van der Waals surface area contributed by atoms with Crippen LogP contribution < -0.4 is 10.3 Å². The fourth-order valence-electron chi connectivity index (χ4n) is 0.721. The first-order valence-corrected chi connectivity index (χ1v) is 4.04. The van der Waals surface area contributed by atoms with Crippen LogP contribution in [0.4, 0.5) is 4.79 Å². The maximum absolute atomic E-state index is 10.8. The number of nitrogens with one attached hydrogen (secondary N) is 2. The Morgan fingerprint density at radius 1 is 1.40 bits per heavy atom. The van der Waals surface area contributed by atoms with Gasteiger partial charge in [0.15, 0.2) is 0 Å². The van der Waals surface area contributed by atoms with E-state index in [1.807, 2.05) is 10.3 Å². The summed E-state index contributed by atoms with van der Waals surface area (Å²) in [4.78, 5) is 42.3. The quantitative estimate of drug-likeness (QED) is 0.376. The van der Waals surface area contributed by atoms with Crippen molar-refractivity contribution in [2.24, 2.45) is 0 Å². The van der Waals surface area contributed by atoms with Crippen LogP contribution in [0, 0.1) is 0 Å². The van der Waals surface area contributed by atoms with E-state index in [0.29, 0.717) is 5.06 Å². The molecule has 1 aliphatic heterocycles. The Bertz CT molecular complexity index is 237. The molecule has 86 valence electrons. The lowest BCUT2D eigenvalue weighted by molar-refractivity contribution is -0.165. The van der Waals surface area contributed by atoms with Gasteiger partial charge in [-0.3, -0.25) is 24.6 Å². The molecule has 4 amide bonds. The average Bonchev–Trinajstić information content (AvgIpc) is 2.17. The Morgan fingerprint density at radius 2 is 1.93 bits per heavy atom. The van der Waals surface area contributed by atoms with Crippen LogP contribution in [0.5, 0.6) is 0 Å². The number of hydrogen-bond acceptors (Lipinski definition) is 6. The van der Waals surface area contributed by atoms with Gasteiger partial charge in [-0.15, -0.1) is 10.1 Å². The van der Waals surface area contributed by atoms with E-state index in [2.05, 4.69) is 9.68 Å². The van der Waals surface area contributed by atoms with E-state index in [1.54, 1.807) is 0 Å². The van der Waals surface area contributed by atoms with Crippen LogP contribution in [0.1, 0.15) is 6.42 Å². The minimum absolute atomic E-state index is 0.348. The molecule has 1 rings (SSSR count). The molecular formula is C6H10ClN3O5. The monoisotopic (exact) mass is 239 g/mol. The third-order valence-electron chi connectivity index (χ3n) is 1.23. The second-order valence-electron chi connectivity index (χ2n) is 2.18. The summed E-state index contributed by atoms with van der Waals surface area (Å²) in [6, 6.07) is -0.839. The second kappa shape index (κ2) is 7.12. The zero-order valence-electron chi connectivity index (χ0n) is 8.07. The summed E-state index contributed by atoms with van der Waals surface area (Å²) in [5.41, 5.74) is 0. The molecule has 0 saturated carbocycles. The van der Waals surface area contributed by atoms with E-state index in [-0.39, 0.29) is 6.42 Å². The first-order chi connectivity index (χ1) is 7.06. The molecule has 0 aromatic rings. The van der Waals surface area contributed by atoms with E-state index in [1.165, 1.54) is 14.2 Å². The SMILES string of the molecule is CON1C(=O)CC(=O)NC1=O.CONCl. The summed E-state index contributed by atoms with van der Waals surface area (Å²) >= 11 is 4.71. The van der Waals surface area contributed by atoms with Crippen molar-refractivity contribution >= 4 is 29.6 Å². The standard InChI is InChI=1S/C5H6N2O4.CH4ClNO/c1-11-7-4(9)2-3(8)6-5(7)10;1-4-3-2/h2H2,1H3,(H,6,8,10);3H,1H3. The zero-order chi connectivity index (χ0) is 11.8. The highest BCUT2D eigenvalue weighted by Crippen LogP contribution is 2.01. The number of hydrogen-bond donors (Lipinski definition) is 2. The normalized spacial score (nSPS) is 15.7. The van der Waals surface area contributed by atoms with Gasteiger partial charge in [0.2, 0.25) is 5.91 Å². The first-order valence-electron chi connectivity index (χ1n) is 3.66. The molecule has 0 aromatic heterocycles. The summed E-state index contributed by atoms with van der Waals surface area (Å²) in [5.74, 6) is -1.26. The number of imide groups is 2. The van der Waals surface area contributed by atoms with Crippen LogP contribution in [-0.2, 0) is 19.3 Å². The highest BCUT2D eigenvalue weighted by Gasteiger charge is 2.30. The van der Waals surface area contributed by atoms with E-state index in [4.69, 9.17) is 11.8 Å². The van der Waals surface area contributed by atoms with Gasteiger partial charge >= 0.3 is 6.03 Å². The van der Waals surface area contributed by atoms with E-state index in [0.717, 1.165) is 0 Å². The van der Waals surface area contributed by atoms with Gasteiger partial charge < -0.3 is 0 Å². The highest BCUT2D eigenvalue weighted by molar-refractivity contribution is 6.13. The number of amides is 4. The van der Waals surface area contributed by atoms with Crippen LogP contribution in [0.2, 0.25) is 0 Å². The van der Waals surface area contributed by atoms with E-state index < -0.39 is 17.8 Å². The van der Waals surface area contributed by atoms with Gasteiger partial charge in [0.1, 0.15) is 6.42 Å². The molecule has 0 aliphatic carbocycles. The summed E-state index contributed by atoms with van der Waals surface area (Å²) in [6.07, 6.45) is -0.348. The van der Waals surface area contributed by atoms with Gasteiger partial charge in [0.05, 0.1) is 14.2 Å². The molecule has 0 unspecified atom stereocenters. The lowest BCUT2D eigenvalue weighted by atomic mass is 10.3. The maximum Gasteiger partial charge on any atom is 0.355 e. The average molecular weight is 240 g/mol. The number of halogens is 1. The molecule has 1 saturated heterocycles. The number of carbonyl (C=O) groups excluding carboxylic acids is 3. The van der Waals surface area contributed by atoms with Crippen LogP contribution in [0.25, 0.3) is 0 Å². The highest BCUT2D eigenvalue weighted by atomic mass is 35.5. The molecule has 0 bridgehead atoms. The fourth-order valence-corrected chi connectivity index (χ4v) is 0.721. The molecule has 8 nitrogen and oxygen atoms in total. The zero-order valence-corrected chi connectivity index (χ0v) is 8.83. The number of carbonyl (C=O) groups is 3. The third-order valence-corrected chi connectivity index (χ3v) is 1.38. The summed E-state index contributed by atoms with van der Waals surface area (Å²) in [5, 5.41) is 2.41. The number of rotatable bonds is 2. The van der Waals surface area contributed by atoms with E-state index in [9.17, 15) is 14.4 Å². The van der Waals surface area contributed by atoms with Crippen molar-refractivity contribution in [2.45, 2.75) is 6.42 Å². The molecule has 1 heterocycles. The molecule has 0 spiro atoms. The molecule has 9 heteroatoms. The van der Waals surface area contributed by atoms with Gasteiger partial charge in [-0.05, 0) is 0 Å². The van der Waals surface area contributed by atoms with Gasteiger partial charge in [0.25, 0.3) is 5.91 Å². The van der Waals surface area contributed by atoms with Gasteiger partial charge in [-0.1, -0.05) is 0 Å². The molecule has 15 heavy (non-hydrogen) atoms. The second-order valence-corrected chi connectivity index (χ2v) is 2.34. The van der Waals surface area contributed by atoms with Crippen LogP contribution in [-0.4, -0.2) is 37.1 Å². The Labute approximate surface area is 90.5 Å². The molecule has 1 aliphatic rings. The minimum Gasteiger partial charge on any atom is -0.290 e. The number of urea groups is 1. The van der Waals surface area contributed by atoms with Gasteiger partial charge in [0, 0.05) is 11.8 Å². The number of barbiturate groups is 1. The van der Waals surface area contributed by atoms with E-state index >= 15 is 0 Å². The predicted octanol–water partition coefficient (Wildman–Crippen LogP) is -0.692. The third kappa shape index (κ3) is 4.70. The molecular weight excluding hydrogens is 230 g/mol. The van der Waals surface area contributed by atoms with Crippen molar-refractivity contribution < 1.29 is 24.1 Å². The predicted molar refractivity (Wildman–Crippen MR) is 48.0 cm³/mol. The largest absolute Gasteiger partial charge is 0.355 e. The molecule has 0 atom stereocenters. The van der Waals surface area contributed by atoms with Crippen molar-refractivity contribution in [3.63, 3.8) is 0 Å². The van der Waals surface area contributed by atoms with Crippen LogP contribution >= 0.6 is 11.8 Å². The van der Waals surface area contributed by atoms with Crippen molar-refractivity contribution in [1.29, 1.82) is 0 Å². The maximum atomic E-state index is 10.8. The molecule has 0 aromatic carbocycles. The molecule has 0 radical (unpaired) electrons. The van der Waals surface area contributed by atoms with Crippen LogP contribution in [0.15, 0.2) is 0 Å². The lowest BCUT2D eigenvalue weighted by Crippen LogP contribution is -2.51. The molecule has 2 N–H and O–H groups in total. The smallest absolute Gasteiger partial charge is 0.290 e. The number of hydroxylamine groups is 2. The Hall–Kier alpha value is -1.22. The van der Waals surface area contributed by atoms with Crippen molar-refractivity contribution in [3.8, 4) is 0 Å².